The second kappa shape index (κ2) is 8.41. The van der Waals surface area contributed by atoms with Crippen molar-refractivity contribution >= 4 is 5.84 Å². The van der Waals surface area contributed by atoms with E-state index in [0.717, 1.165) is 17.9 Å². The molecule has 1 heterocycles. The molecule has 2 nitrogen and oxygen atoms in total. The number of hydrogen-bond acceptors (Lipinski definition) is 1. The number of hydrogen-bond donors (Lipinski definition) is 2. The summed E-state index contributed by atoms with van der Waals surface area (Å²) in [7, 11) is 0. The Morgan fingerprint density at radius 1 is 0.900 bits per heavy atom. The number of amidine groups is 1. The largest absolute Gasteiger partial charge is 1.00 e. The highest BCUT2D eigenvalue weighted by atomic mass is 79.9. The predicted octanol–water partition coefficient (Wildman–Crippen LogP) is -0.618. The summed E-state index contributed by atoms with van der Waals surface area (Å²) in [4.78, 5) is 3.63. The Morgan fingerprint density at radius 3 is 2.60 bits per heavy atom. The second-order valence-electron chi connectivity index (χ2n) is 7.04. The van der Waals surface area contributed by atoms with Crippen LogP contribution in [0.25, 0.3) is 0 Å². The van der Waals surface area contributed by atoms with E-state index in [-0.39, 0.29) is 17.0 Å². The monoisotopic (exact) mass is 342 g/mol. The van der Waals surface area contributed by atoms with Gasteiger partial charge in [0.25, 0.3) is 0 Å². The first-order chi connectivity index (χ1) is 9.42. The summed E-state index contributed by atoms with van der Waals surface area (Å²) in [5.74, 6) is 3.47. The van der Waals surface area contributed by atoms with E-state index in [1.807, 2.05) is 0 Å². The van der Waals surface area contributed by atoms with Crippen molar-refractivity contribution in [1.82, 2.24) is 5.32 Å². The summed E-state index contributed by atoms with van der Waals surface area (Å²) in [5.41, 5.74) is 0. The fraction of sp³-hybridized carbons (Fsp3) is 0.941. The first-order valence-corrected chi connectivity index (χ1v) is 8.78. The van der Waals surface area contributed by atoms with Crippen LogP contribution >= 0.6 is 0 Å². The van der Waals surface area contributed by atoms with E-state index < -0.39 is 0 Å². The van der Waals surface area contributed by atoms with Crippen molar-refractivity contribution in [2.24, 2.45) is 11.8 Å². The predicted molar refractivity (Wildman–Crippen MR) is 80.1 cm³/mol. The van der Waals surface area contributed by atoms with Gasteiger partial charge in [-0.05, 0) is 56.8 Å². The lowest BCUT2D eigenvalue weighted by Gasteiger charge is -2.21. The van der Waals surface area contributed by atoms with Gasteiger partial charge in [-0.2, -0.15) is 0 Å². The van der Waals surface area contributed by atoms with Crippen molar-refractivity contribution in [3.05, 3.63) is 0 Å². The molecular formula is C17H31BrN2. The molecule has 0 radical (unpaired) electrons. The summed E-state index contributed by atoms with van der Waals surface area (Å²) >= 11 is 0. The fourth-order valence-corrected chi connectivity index (χ4v) is 4.46. The molecule has 2 saturated carbocycles. The molecule has 2 aliphatic carbocycles. The average Bonchev–Trinajstić information content (AvgIpc) is 3.00. The van der Waals surface area contributed by atoms with Crippen molar-refractivity contribution in [2.75, 3.05) is 6.54 Å². The topological polar surface area (TPSA) is 26.0 Å². The maximum absolute atomic E-state index is 3.89. The molecule has 3 aliphatic rings. The Labute approximate surface area is 135 Å². The second-order valence-corrected chi connectivity index (χ2v) is 7.04. The molecule has 0 aromatic rings. The van der Waals surface area contributed by atoms with Crippen LogP contribution in [0.2, 0.25) is 0 Å². The minimum Gasteiger partial charge on any atom is -1.00 e. The highest BCUT2D eigenvalue weighted by molar-refractivity contribution is 5.76. The third-order valence-corrected chi connectivity index (χ3v) is 5.57. The molecule has 2 atom stereocenters. The standard InChI is InChI=1S/C17H30N2.BrH/c1-2-11-17(18-12-5-1)19-16-10-6-9-15(16)13-14-7-3-4-8-14;/h14-16H,1-13H2,(H,18,19);1H/t15-,16-;/m0./s1. The Hall–Kier alpha value is -0.0500. The molecule has 3 heteroatoms. The Bertz CT molecular complexity index is 310. The van der Waals surface area contributed by atoms with E-state index in [4.69, 9.17) is 0 Å². The molecule has 1 aliphatic heterocycles. The normalized spacial score (nSPS) is 31.5. The molecule has 0 bridgehead atoms. The molecule has 0 amide bonds. The Morgan fingerprint density at radius 2 is 1.75 bits per heavy atom. The first kappa shape index (κ1) is 16.3. The van der Waals surface area contributed by atoms with Gasteiger partial charge in [0, 0.05) is 6.42 Å². The quantitative estimate of drug-likeness (QED) is 0.702. The smallest absolute Gasteiger partial charge is 0.242 e. The zero-order chi connectivity index (χ0) is 12.9. The highest BCUT2D eigenvalue weighted by Gasteiger charge is 2.33. The highest BCUT2D eigenvalue weighted by Crippen LogP contribution is 2.37. The van der Waals surface area contributed by atoms with Crippen molar-refractivity contribution in [3.63, 3.8) is 0 Å². The van der Waals surface area contributed by atoms with Crippen molar-refractivity contribution in [1.29, 1.82) is 0 Å². The third-order valence-electron chi connectivity index (χ3n) is 5.57. The van der Waals surface area contributed by atoms with Gasteiger partial charge in [-0.1, -0.05) is 25.7 Å². The molecule has 0 saturated heterocycles. The van der Waals surface area contributed by atoms with Crippen LogP contribution in [0.1, 0.15) is 77.0 Å². The molecule has 2 fully saturated rings. The molecule has 20 heavy (non-hydrogen) atoms. The van der Waals surface area contributed by atoms with Crippen LogP contribution in [0.4, 0.5) is 0 Å². The molecular weight excluding hydrogens is 312 g/mol. The minimum atomic E-state index is 0. The van der Waals surface area contributed by atoms with Crippen molar-refractivity contribution < 1.29 is 22.0 Å². The zero-order valence-electron chi connectivity index (χ0n) is 12.8. The Balaban J connectivity index is 0.00000147. The van der Waals surface area contributed by atoms with Gasteiger partial charge in [0.05, 0.1) is 12.6 Å². The molecule has 0 unspecified atom stereocenters. The van der Waals surface area contributed by atoms with Gasteiger partial charge in [-0.3, -0.25) is 10.3 Å². The van der Waals surface area contributed by atoms with E-state index in [1.54, 1.807) is 0 Å². The lowest BCUT2D eigenvalue weighted by atomic mass is 9.89. The molecule has 3 rings (SSSR count). The van der Waals surface area contributed by atoms with Gasteiger partial charge in [0.2, 0.25) is 5.84 Å². The third kappa shape index (κ3) is 4.47. The van der Waals surface area contributed by atoms with Crippen LogP contribution in [-0.2, 0) is 0 Å². The zero-order valence-corrected chi connectivity index (χ0v) is 14.4. The lowest BCUT2D eigenvalue weighted by Crippen LogP contribution is -3.00. The van der Waals surface area contributed by atoms with Crippen LogP contribution < -0.4 is 27.3 Å². The van der Waals surface area contributed by atoms with Crippen LogP contribution in [0.15, 0.2) is 0 Å². The average molecular weight is 343 g/mol. The van der Waals surface area contributed by atoms with Gasteiger partial charge in [-0.25, -0.2) is 0 Å². The summed E-state index contributed by atoms with van der Waals surface area (Å²) in [5, 5.41) is 3.89. The van der Waals surface area contributed by atoms with Crippen LogP contribution in [0.3, 0.4) is 0 Å². The molecule has 0 aromatic carbocycles. The van der Waals surface area contributed by atoms with E-state index in [2.05, 4.69) is 10.3 Å². The summed E-state index contributed by atoms with van der Waals surface area (Å²) in [6, 6.07) is 0.779. The van der Waals surface area contributed by atoms with Crippen LogP contribution in [0.5, 0.6) is 0 Å². The minimum absolute atomic E-state index is 0. The van der Waals surface area contributed by atoms with Crippen molar-refractivity contribution in [3.8, 4) is 0 Å². The van der Waals surface area contributed by atoms with E-state index in [0.29, 0.717) is 0 Å². The maximum Gasteiger partial charge on any atom is 0.242 e. The summed E-state index contributed by atoms with van der Waals surface area (Å²) < 4.78 is 0. The molecule has 0 spiro atoms. The summed E-state index contributed by atoms with van der Waals surface area (Å²) in [6.45, 7) is 1.18. The van der Waals surface area contributed by atoms with Gasteiger partial charge < -0.3 is 17.0 Å². The number of rotatable bonds is 3. The summed E-state index contributed by atoms with van der Waals surface area (Å²) in [6.07, 6.45) is 17.2. The van der Waals surface area contributed by atoms with Gasteiger partial charge in [0.1, 0.15) is 0 Å². The molecule has 116 valence electrons. The first-order valence-electron chi connectivity index (χ1n) is 8.78. The van der Waals surface area contributed by atoms with E-state index >= 15 is 0 Å². The molecule has 0 aromatic heterocycles. The Kier molecular flexibility index (Phi) is 6.86. The van der Waals surface area contributed by atoms with Gasteiger partial charge in [0.15, 0.2) is 0 Å². The van der Waals surface area contributed by atoms with Crippen molar-refractivity contribution in [2.45, 2.75) is 83.1 Å². The lowest BCUT2D eigenvalue weighted by molar-refractivity contribution is -0.460. The maximum atomic E-state index is 3.89. The van der Waals surface area contributed by atoms with Crippen LogP contribution in [-0.4, -0.2) is 18.4 Å². The van der Waals surface area contributed by atoms with Gasteiger partial charge in [-0.15, -0.1) is 0 Å². The number of halogens is 1. The molecule has 2 N–H and O–H groups in total. The number of nitrogens with one attached hydrogen (secondary N) is 2. The fourth-order valence-electron chi connectivity index (χ4n) is 4.46. The SMILES string of the molecule is C1CC[NH+]=C(N[C@H]2CCC[C@H]2CC2CCCC2)CC1.[Br-]. The van der Waals surface area contributed by atoms with Crippen LogP contribution in [0, 0.1) is 11.8 Å². The van der Waals surface area contributed by atoms with E-state index in [9.17, 15) is 0 Å². The van der Waals surface area contributed by atoms with Gasteiger partial charge >= 0.3 is 0 Å². The van der Waals surface area contributed by atoms with E-state index in [1.165, 1.54) is 89.4 Å².